The van der Waals surface area contributed by atoms with Crippen molar-refractivity contribution in [3.8, 4) is 0 Å². The predicted octanol–water partition coefficient (Wildman–Crippen LogP) is 3.44. The van der Waals surface area contributed by atoms with Crippen LogP contribution in [0.4, 0.5) is 6.01 Å². The summed E-state index contributed by atoms with van der Waals surface area (Å²) in [7, 11) is 0. The highest BCUT2D eigenvalue weighted by Gasteiger charge is 2.21. The molecule has 3 nitrogen and oxygen atoms in total. The number of piperidine rings is 1. The zero-order valence-electron chi connectivity index (χ0n) is 9.60. The van der Waals surface area contributed by atoms with Crippen LogP contribution in [0.1, 0.15) is 12.8 Å². The normalized spacial score (nSPS) is 17.8. The molecule has 0 unspecified atom stereocenters. The molecule has 0 aliphatic carbocycles. The van der Waals surface area contributed by atoms with Crippen LogP contribution >= 0.6 is 15.9 Å². The van der Waals surface area contributed by atoms with E-state index in [1.165, 1.54) is 12.8 Å². The first kappa shape index (κ1) is 11.1. The molecule has 0 atom stereocenters. The molecule has 1 fully saturated rings. The summed E-state index contributed by atoms with van der Waals surface area (Å²) in [6, 6.07) is 8.71. The fourth-order valence-electron chi connectivity index (χ4n) is 2.27. The number of oxazole rings is 1. The summed E-state index contributed by atoms with van der Waals surface area (Å²) in [5, 5.41) is 1.11. The highest BCUT2D eigenvalue weighted by Crippen LogP contribution is 2.26. The quantitative estimate of drug-likeness (QED) is 0.795. The fraction of sp³-hybridized carbons (Fsp3) is 0.462. The van der Waals surface area contributed by atoms with Gasteiger partial charge < -0.3 is 9.32 Å². The first-order chi connectivity index (χ1) is 8.36. The molecule has 0 bridgehead atoms. The van der Waals surface area contributed by atoms with Gasteiger partial charge in [-0.2, -0.15) is 4.98 Å². The lowest BCUT2D eigenvalue weighted by atomic mass is 10.00. The minimum Gasteiger partial charge on any atom is -0.423 e. The maximum atomic E-state index is 5.78. The molecule has 3 rings (SSSR count). The van der Waals surface area contributed by atoms with Crippen molar-refractivity contribution in [2.45, 2.75) is 12.8 Å². The molecule has 17 heavy (non-hydrogen) atoms. The summed E-state index contributed by atoms with van der Waals surface area (Å²) in [6.45, 7) is 2.09. The van der Waals surface area contributed by atoms with Crippen molar-refractivity contribution < 1.29 is 4.42 Å². The lowest BCUT2D eigenvalue weighted by Gasteiger charge is -2.29. The van der Waals surface area contributed by atoms with E-state index in [1.807, 2.05) is 24.3 Å². The highest BCUT2D eigenvalue weighted by atomic mass is 79.9. The molecule has 1 aliphatic rings. The number of fused-ring (bicyclic) bond motifs is 1. The van der Waals surface area contributed by atoms with Crippen LogP contribution in [0.25, 0.3) is 11.1 Å². The molecule has 2 aromatic rings. The minimum atomic E-state index is 0.777. The molecule has 1 aromatic heterocycles. The van der Waals surface area contributed by atoms with E-state index in [2.05, 4.69) is 25.8 Å². The Kier molecular flexibility index (Phi) is 3.05. The molecule has 2 heterocycles. The van der Waals surface area contributed by atoms with Gasteiger partial charge in [0, 0.05) is 18.4 Å². The number of anilines is 1. The molecule has 0 N–H and O–H groups in total. The number of hydrogen-bond donors (Lipinski definition) is 0. The van der Waals surface area contributed by atoms with Gasteiger partial charge in [-0.3, -0.25) is 0 Å². The van der Waals surface area contributed by atoms with Gasteiger partial charge in [-0.25, -0.2) is 0 Å². The number of halogens is 1. The molecule has 4 heteroatoms. The second-order valence-electron chi connectivity index (χ2n) is 4.55. The van der Waals surface area contributed by atoms with Gasteiger partial charge in [-0.15, -0.1) is 0 Å². The van der Waals surface area contributed by atoms with Crippen molar-refractivity contribution in [2.24, 2.45) is 5.92 Å². The number of hydrogen-bond acceptors (Lipinski definition) is 3. The topological polar surface area (TPSA) is 29.3 Å². The molecule has 0 amide bonds. The Morgan fingerprint density at radius 3 is 2.76 bits per heavy atom. The van der Waals surface area contributed by atoms with E-state index in [1.54, 1.807) is 0 Å². The Bertz CT molecular complexity index is 470. The van der Waals surface area contributed by atoms with E-state index in [-0.39, 0.29) is 0 Å². The highest BCUT2D eigenvalue weighted by molar-refractivity contribution is 9.09. The van der Waals surface area contributed by atoms with Crippen molar-refractivity contribution >= 4 is 33.0 Å². The van der Waals surface area contributed by atoms with Gasteiger partial charge in [-0.05, 0) is 30.9 Å². The van der Waals surface area contributed by atoms with Crippen LogP contribution in [-0.4, -0.2) is 23.4 Å². The van der Waals surface area contributed by atoms with E-state index < -0.39 is 0 Å². The van der Waals surface area contributed by atoms with Crippen LogP contribution < -0.4 is 4.90 Å². The number of alkyl halides is 1. The number of benzene rings is 1. The molecule has 1 aromatic carbocycles. The minimum absolute atomic E-state index is 0.777. The van der Waals surface area contributed by atoms with Gasteiger partial charge in [0.2, 0.25) is 0 Å². The second kappa shape index (κ2) is 4.69. The van der Waals surface area contributed by atoms with Crippen molar-refractivity contribution in [1.82, 2.24) is 4.98 Å². The van der Waals surface area contributed by atoms with Crippen molar-refractivity contribution in [3.05, 3.63) is 24.3 Å². The molecule has 1 aliphatic heterocycles. The van der Waals surface area contributed by atoms with Crippen molar-refractivity contribution in [2.75, 3.05) is 23.3 Å². The maximum absolute atomic E-state index is 5.78. The molecule has 0 radical (unpaired) electrons. The van der Waals surface area contributed by atoms with E-state index in [9.17, 15) is 0 Å². The Labute approximate surface area is 109 Å². The monoisotopic (exact) mass is 294 g/mol. The summed E-state index contributed by atoms with van der Waals surface area (Å²) in [5.41, 5.74) is 1.83. The third-order valence-electron chi connectivity index (χ3n) is 3.39. The van der Waals surface area contributed by atoms with E-state index >= 15 is 0 Å². The lowest BCUT2D eigenvalue weighted by molar-refractivity contribution is 0.424. The Balaban J connectivity index is 1.80. The molecule has 1 saturated heterocycles. The third-order valence-corrected chi connectivity index (χ3v) is 4.30. The summed E-state index contributed by atoms with van der Waals surface area (Å²) in [6.07, 6.45) is 2.42. The number of aromatic nitrogens is 1. The van der Waals surface area contributed by atoms with Crippen LogP contribution in [0.3, 0.4) is 0 Å². The second-order valence-corrected chi connectivity index (χ2v) is 5.20. The predicted molar refractivity (Wildman–Crippen MR) is 72.7 cm³/mol. The Hall–Kier alpha value is -1.03. The van der Waals surface area contributed by atoms with E-state index in [0.717, 1.165) is 41.5 Å². The van der Waals surface area contributed by atoms with E-state index in [4.69, 9.17) is 4.42 Å². The van der Waals surface area contributed by atoms with E-state index in [0.29, 0.717) is 0 Å². The molecular formula is C13H15BrN2O. The Morgan fingerprint density at radius 1 is 1.29 bits per heavy atom. The van der Waals surface area contributed by atoms with Gasteiger partial charge in [0.05, 0.1) is 0 Å². The van der Waals surface area contributed by atoms with Gasteiger partial charge in [0.15, 0.2) is 5.58 Å². The summed E-state index contributed by atoms with van der Waals surface area (Å²) >= 11 is 3.56. The van der Waals surface area contributed by atoms with Gasteiger partial charge in [0.25, 0.3) is 6.01 Å². The average molecular weight is 295 g/mol. The summed E-state index contributed by atoms with van der Waals surface area (Å²) < 4.78 is 5.78. The first-order valence-corrected chi connectivity index (χ1v) is 7.15. The first-order valence-electron chi connectivity index (χ1n) is 6.03. The van der Waals surface area contributed by atoms with Gasteiger partial charge in [0.1, 0.15) is 5.52 Å². The zero-order valence-corrected chi connectivity index (χ0v) is 11.2. The number of nitrogens with zero attached hydrogens (tertiary/aromatic N) is 2. The largest absolute Gasteiger partial charge is 0.423 e. The molecule has 0 spiro atoms. The van der Waals surface area contributed by atoms with Crippen LogP contribution in [0.15, 0.2) is 28.7 Å². The molecule has 90 valence electrons. The molecular weight excluding hydrogens is 280 g/mol. The number of rotatable bonds is 2. The van der Waals surface area contributed by atoms with Crippen molar-refractivity contribution in [1.29, 1.82) is 0 Å². The average Bonchev–Trinajstić information content (AvgIpc) is 2.82. The van der Waals surface area contributed by atoms with Gasteiger partial charge in [-0.1, -0.05) is 28.1 Å². The standard InChI is InChI=1S/C13H15BrN2O/c14-9-10-5-7-16(8-6-10)13-15-11-3-1-2-4-12(11)17-13/h1-4,10H,5-9H2. The van der Waals surface area contributed by atoms with Crippen LogP contribution in [0, 0.1) is 5.92 Å². The lowest BCUT2D eigenvalue weighted by Crippen LogP contribution is -2.34. The van der Waals surface area contributed by atoms with Gasteiger partial charge >= 0.3 is 0 Å². The SMILES string of the molecule is BrCC1CCN(c2nc3ccccc3o2)CC1. The maximum Gasteiger partial charge on any atom is 0.298 e. The summed E-state index contributed by atoms with van der Waals surface area (Å²) in [5.74, 6) is 0.802. The van der Waals surface area contributed by atoms with Crippen LogP contribution in [0.2, 0.25) is 0 Å². The smallest absolute Gasteiger partial charge is 0.298 e. The Morgan fingerprint density at radius 2 is 2.06 bits per heavy atom. The fourth-order valence-corrected chi connectivity index (χ4v) is 2.92. The number of para-hydroxylation sites is 2. The molecule has 0 saturated carbocycles. The van der Waals surface area contributed by atoms with Crippen LogP contribution in [0.5, 0.6) is 0 Å². The zero-order chi connectivity index (χ0) is 11.7. The summed E-state index contributed by atoms with van der Waals surface area (Å²) in [4.78, 5) is 6.78. The van der Waals surface area contributed by atoms with Crippen LogP contribution in [-0.2, 0) is 0 Å². The van der Waals surface area contributed by atoms with Crippen molar-refractivity contribution in [3.63, 3.8) is 0 Å². The third kappa shape index (κ3) is 2.18.